The maximum atomic E-state index is 12.6. The Morgan fingerprint density at radius 2 is 1.91 bits per heavy atom. The number of piperidine rings is 1. The van der Waals surface area contributed by atoms with Crippen molar-refractivity contribution in [2.45, 2.75) is 25.7 Å². The third-order valence-electron chi connectivity index (χ3n) is 5.69. The van der Waals surface area contributed by atoms with Crippen molar-refractivity contribution in [1.29, 1.82) is 0 Å². The normalized spacial score (nSPS) is 26.9. The van der Waals surface area contributed by atoms with Crippen LogP contribution in [0.25, 0.3) is 0 Å². The molecule has 3 aliphatic heterocycles. The van der Waals surface area contributed by atoms with Crippen molar-refractivity contribution in [1.82, 2.24) is 14.9 Å². The van der Waals surface area contributed by atoms with Gasteiger partial charge >= 0.3 is 0 Å². The lowest BCUT2D eigenvalue weighted by Gasteiger charge is -2.39. The van der Waals surface area contributed by atoms with Crippen molar-refractivity contribution >= 4 is 11.9 Å². The summed E-state index contributed by atoms with van der Waals surface area (Å²) in [6.45, 7) is 5.16. The van der Waals surface area contributed by atoms with E-state index in [0.29, 0.717) is 17.9 Å². The molecule has 1 unspecified atom stereocenters. The molecular weight excluding hydrogens is 292 g/mol. The van der Waals surface area contributed by atoms with Crippen molar-refractivity contribution in [2.24, 2.45) is 11.3 Å². The smallest absolute Gasteiger partial charge is 0.228 e. The summed E-state index contributed by atoms with van der Waals surface area (Å²) in [5, 5.41) is 0. The zero-order valence-electron chi connectivity index (χ0n) is 13.5. The second-order valence-electron chi connectivity index (χ2n) is 7.11. The van der Waals surface area contributed by atoms with Gasteiger partial charge in [-0.25, -0.2) is 9.97 Å². The van der Waals surface area contributed by atoms with Crippen LogP contribution in [0.1, 0.15) is 25.7 Å². The largest absolute Gasteiger partial charge is 0.381 e. The maximum absolute atomic E-state index is 12.6. The van der Waals surface area contributed by atoms with Gasteiger partial charge in [-0.15, -0.1) is 0 Å². The summed E-state index contributed by atoms with van der Waals surface area (Å²) in [4.78, 5) is 25.6. The van der Waals surface area contributed by atoms with E-state index in [-0.39, 0.29) is 5.92 Å². The van der Waals surface area contributed by atoms with Crippen LogP contribution in [-0.2, 0) is 9.53 Å². The minimum atomic E-state index is 0.1000. The number of amides is 1. The molecule has 0 aliphatic carbocycles. The van der Waals surface area contributed by atoms with Crippen molar-refractivity contribution in [3.05, 3.63) is 18.5 Å². The molecule has 3 fully saturated rings. The first-order chi connectivity index (χ1) is 11.3. The van der Waals surface area contributed by atoms with Crippen LogP contribution in [0, 0.1) is 11.3 Å². The molecule has 1 amide bonds. The van der Waals surface area contributed by atoms with Crippen LogP contribution in [0.5, 0.6) is 0 Å². The van der Waals surface area contributed by atoms with Gasteiger partial charge in [0, 0.05) is 45.2 Å². The van der Waals surface area contributed by atoms with E-state index in [0.717, 1.165) is 64.4 Å². The summed E-state index contributed by atoms with van der Waals surface area (Å²) in [7, 11) is 0. The summed E-state index contributed by atoms with van der Waals surface area (Å²) < 4.78 is 5.37. The standard InChI is InChI=1S/C17H24N4O2/c22-15(14-2-11-23-12-14)21-10-5-17(13-21)3-8-20(9-4-17)16-18-6-1-7-19-16/h1,6-7,14H,2-5,8-13H2. The van der Waals surface area contributed by atoms with Crippen LogP contribution < -0.4 is 4.90 Å². The summed E-state index contributed by atoms with van der Waals surface area (Å²) in [6, 6.07) is 1.85. The second kappa shape index (κ2) is 6.07. The SMILES string of the molecule is O=C(C1CCOC1)N1CCC2(CCN(c3ncccn3)CC2)C1. The van der Waals surface area contributed by atoms with Gasteiger partial charge < -0.3 is 14.5 Å². The number of hydrogen-bond donors (Lipinski definition) is 0. The minimum absolute atomic E-state index is 0.1000. The number of aromatic nitrogens is 2. The Hall–Kier alpha value is -1.69. The molecule has 6 nitrogen and oxygen atoms in total. The lowest BCUT2D eigenvalue weighted by Crippen LogP contribution is -2.43. The molecule has 0 saturated carbocycles. The van der Waals surface area contributed by atoms with Gasteiger partial charge in [-0.05, 0) is 37.2 Å². The lowest BCUT2D eigenvalue weighted by atomic mass is 9.78. The van der Waals surface area contributed by atoms with Gasteiger partial charge in [0.05, 0.1) is 12.5 Å². The first-order valence-electron chi connectivity index (χ1n) is 8.64. The molecule has 0 N–H and O–H groups in total. The molecule has 4 heterocycles. The van der Waals surface area contributed by atoms with E-state index in [2.05, 4.69) is 19.8 Å². The van der Waals surface area contributed by atoms with Gasteiger partial charge in [0.1, 0.15) is 0 Å². The van der Waals surface area contributed by atoms with E-state index in [1.165, 1.54) is 0 Å². The average molecular weight is 316 g/mol. The summed E-state index contributed by atoms with van der Waals surface area (Å²) in [5.74, 6) is 1.24. The molecule has 6 heteroatoms. The Morgan fingerprint density at radius 1 is 1.17 bits per heavy atom. The zero-order chi connectivity index (χ0) is 15.7. The van der Waals surface area contributed by atoms with Gasteiger partial charge in [0.25, 0.3) is 0 Å². The number of likely N-dealkylation sites (tertiary alicyclic amines) is 1. The number of rotatable bonds is 2. The molecule has 3 saturated heterocycles. The van der Waals surface area contributed by atoms with Crippen LogP contribution in [0.15, 0.2) is 18.5 Å². The van der Waals surface area contributed by atoms with E-state index >= 15 is 0 Å². The quantitative estimate of drug-likeness (QED) is 0.824. The molecule has 4 rings (SSSR count). The van der Waals surface area contributed by atoms with Gasteiger partial charge in [-0.1, -0.05) is 0 Å². The summed E-state index contributed by atoms with van der Waals surface area (Å²) >= 11 is 0. The maximum Gasteiger partial charge on any atom is 0.228 e. The first kappa shape index (κ1) is 14.9. The minimum Gasteiger partial charge on any atom is -0.381 e. The molecule has 1 aromatic rings. The highest BCUT2D eigenvalue weighted by molar-refractivity contribution is 5.79. The molecule has 1 atom stereocenters. The van der Waals surface area contributed by atoms with Gasteiger partial charge in [0.2, 0.25) is 11.9 Å². The van der Waals surface area contributed by atoms with E-state index in [1.54, 1.807) is 12.4 Å². The van der Waals surface area contributed by atoms with Crippen LogP contribution in [0.2, 0.25) is 0 Å². The topological polar surface area (TPSA) is 58.6 Å². The molecule has 3 aliphatic rings. The Balaban J connectivity index is 1.35. The van der Waals surface area contributed by atoms with Gasteiger partial charge in [-0.2, -0.15) is 0 Å². The van der Waals surface area contributed by atoms with Gasteiger partial charge in [0.15, 0.2) is 0 Å². The zero-order valence-corrected chi connectivity index (χ0v) is 13.5. The predicted octanol–water partition coefficient (Wildman–Crippen LogP) is 1.33. The number of hydrogen-bond acceptors (Lipinski definition) is 5. The molecule has 0 bridgehead atoms. The van der Waals surface area contributed by atoms with Crippen molar-refractivity contribution in [3.63, 3.8) is 0 Å². The van der Waals surface area contributed by atoms with Crippen LogP contribution in [0.4, 0.5) is 5.95 Å². The molecular formula is C17H24N4O2. The fraction of sp³-hybridized carbons (Fsp3) is 0.706. The molecule has 1 aromatic heterocycles. The Kier molecular flexibility index (Phi) is 3.93. The highest BCUT2D eigenvalue weighted by Crippen LogP contribution is 2.41. The number of ether oxygens (including phenoxy) is 1. The molecule has 0 aromatic carbocycles. The predicted molar refractivity (Wildman–Crippen MR) is 86.0 cm³/mol. The third kappa shape index (κ3) is 2.92. The summed E-state index contributed by atoms with van der Waals surface area (Å²) in [5.41, 5.74) is 0.306. The average Bonchev–Trinajstić information content (AvgIpc) is 3.26. The Bertz CT molecular complexity index is 551. The number of carbonyl (C=O) groups excluding carboxylic acids is 1. The number of anilines is 1. The molecule has 23 heavy (non-hydrogen) atoms. The van der Waals surface area contributed by atoms with Crippen LogP contribution >= 0.6 is 0 Å². The molecule has 124 valence electrons. The fourth-order valence-electron chi connectivity index (χ4n) is 4.15. The highest BCUT2D eigenvalue weighted by Gasteiger charge is 2.43. The molecule has 0 radical (unpaired) electrons. The number of nitrogens with zero attached hydrogens (tertiary/aromatic N) is 4. The van der Waals surface area contributed by atoms with E-state index < -0.39 is 0 Å². The number of carbonyl (C=O) groups is 1. The van der Waals surface area contributed by atoms with Crippen molar-refractivity contribution in [2.75, 3.05) is 44.3 Å². The third-order valence-corrected chi connectivity index (χ3v) is 5.69. The first-order valence-corrected chi connectivity index (χ1v) is 8.64. The van der Waals surface area contributed by atoms with E-state index in [4.69, 9.17) is 4.74 Å². The van der Waals surface area contributed by atoms with Crippen molar-refractivity contribution in [3.8, 4) is 0 Å². The van der Waals surface area contributed by atoms with Crippen LogP contribution in [0.3, 0.4) is 0 Å². The molecule has 1 spiro atoms. The van der Waals surface area contributed by atoms with E-state index in [9.17, 15) is 4.79 Å². The Morgan fingerprint density at radius 3 is 2.61 bits per heavy atom. The van der Waals surface area contributed by atoms with Crippen molar-refractivity contribution < 1.29 is 9.53 Å². The fourth-order valence-corrected chi connectivity index (χ4v) is 4.15. The van der Waals surface area contributed by atoms with Crippen LogP contribution in [-0.4, -0.2) is 60.2 Å². The Labute approximate surface area is 136 Å². The van der Waals surface area contributed by atoms with Gasteiger partial charge in [-0.3, -0.25) is 4.79 Å². The highest BCUT2D eigenvalue weighted by atomic mass is 16.5. The second-order valence-corrected chi connectivity index (χ2v) is 7.11. The van der Waals surface area contributed by atoms with E-state index in [1.807, 2.05) is 6.07 Å². The summed E-state index contributed by atoms with van der Waals surface area (Å²) in [6.07, 6.45) is 7.86. The lowest BCUT2D eigenvalue weighted by molar-refractivity contribution is -0.134. The monoisotopic (exact) mass is 316 g/mol.